The zero-order valence-corrected chi connectivity index (χ0v) is 20.4. The largest absolute Gasteiger partial charge is 0.359 e. The lowest BCUT2D eigenvalue weighted by atomic mass is 9.73. The predicted octanol–water partition coefficient (Wildman–Crippen LogP) is 7.67. The first kappa shape index (κ1) is 23.0. The van der Waals surface area contributed by atoms with E-state index in [-0.39, 0.29) is 5.78 Å². The van der Waals surface area contributed by atoms with Crippen LogP contribution in [0.1, 0.15) is 48.9 Å². The van der Waals surface area contributed by atoms with Crippen LogP contribution in [0.3, 0.4) is 0 Å². The van der Waals surface area contributed by atoms with Gasteiger partial charge in [-0.1, -0.05) is 121 Å². The molecule has 0 radical (unpaired) electrons. The topological polar surface area (TPSA) is 26.3 Å². The van der Waals surface area contributed by atoms with Crippen molar-refractivity contribution < 1.29 is 9.53 Å². The number of ketones is 1. The maximum atomic E-state index is 14.6. The number of rotatable bonds is 5. The van der Waals surface area contributed by atoms with Crippen LogP contribution in [0.15, 0.2) is 121 Å². The number of carbonyl (C=O) groups excluding carboxylic acids is 1. The van der Waals surface area contributed by atoms with Crippen LogP contribution in [-0.2, 0) is 15.1 Å². The van der Waals surface area contributed by atoms with E-state index in [1.165, 1.54) is 0 Å². The average molecular weight is 459 g/mol. The Morgan fingerprint density at radius 1 is 0.629 bits per heavy atom. The van der Waals surface area contributed by atoms with Gasteiger partial charge in [-0.3, -0.25) is 4.79 Å². The third-order valence-corrected chi connectivity index (χ3v) is 6.46. The van der Waals surface area contributed by atoms with E-state index in [0.717, 1.165) is 33.4 Å². The van der Waals surface area contributed by atoms with Crippen LogP contribution in [0.2, 0.25) is 0 Å². The van der Waals surface area contributed by atoms with Crippen molar-refractivity contribution in [3.8, 4) is 0 Å². The normalized spacial score (nSPS) is 20.3. The molecule has 0 bridgehead atoms. The van der Waals surface area contributed by atoms with Crippen LogP contribution in [0.25, 0.3) is 11.1 Å². The molecule has 1 aliphatic rings. The fourth-order valence-electron chi connectivity index (χ4n) is 5.32. The Bertz CT molecular complexity index is 1330. The number of hydrogen-bond acceptors (Lipinski definition) is 2. The second kappa shape index (κ2) is 9.13. The Labute approximate surface area is 207 Å². The lowest BCUT2D eigenvalue weighted by molar-refractivity contribution is -0.134. The molecule has 2 nitrogen and oxygen atoms in total. The number of Topliss-reactive ketones (excluding diaryl/α,β-unsaturated/α-hetero) is 1. The molecular formula is C33H30O2. The monoisotopic (exact) mass is 458 g/mol. The Kier molecular flexibility index (Phi) is 6.00. The molecule has 0 unspecified atom stereocenters. The smallest absolute Gasteiger partial charge is 0.174 e. The Hall–Kier alpha value is -3.75. The van der Waals surface area contributed by atoms with E-state index in [2.05, 4.69) is 45.0 Å². The van der Waals surface area contributed by atoms with Gasteiger partial charge in [0, 0.05) is 11.1 Å². The van der Waals surface area contributed by atoms with E-state index >= 15 is 0 Å². The molecule has 0 N–H and O–H groups in total. The summed E-state index contributed by atoms with van der Waals surface area (Å²) in [5.74, 6) is -0.454. The van der Waals surface area contributed by atoms with Crippen LogP contribution < -0.4 is 0 Å². The summed E-state index contributed by atoms with van der Waals surface area (Å²) in [4.78, 5) is 14.6. The van der Waals surface area contributed by atoms with Crippen molar-refractivity contribution >= 4 is 16.9 Å². The van der Waals surface area contributed by atoms with E-state index in [1.807, 2.05) is 97.1 Å². The molecule has 0 saturated heterocycles. The van der Waals surface area contributed by atoms with Crippen molar-refractivity contribution in [3.05, 3.63) is 144 Å². The molecule has 35 heavy (non-hydrogen) atoms. The van der Waals surface area contributed by atoms with Gasteiger partial charge in [0.1, 0.15) is 5.60 Å². The van der Waals surface area contributed by atoms with Crippen molar-refractivity contribution in [1.29, 1.82) is 0 Å². The molecule has 0 amide bonds. The molecule has 5 rings (SSSR count). The maximum Gasteiger partial charge on any atom is 0.174 e. The second-order valence-corrected chi connectivity index (χ2v) is 10.0. The molecule has 0 fully saturated rings. The number of hydrogen-bond donors (Lipinski definition) is 0. The highest BCUT2D eigenvalue weighted by molar-refractivity contribution is 6.35. The van der Waals surface area contributed by atoms with Crippen LogP contribution >= 0.6 is 0 Å². The van der Waals surface area contributed by atoms with E-state index in [1.54, 1.807) is 0 Å². The first-order valence-electron chi connectivity index (χ1n) is 12.1. The minimum atomic E-state index is -1.01. The quantitative estimate of drug-likeness (QED) is 0.307. The van der Waals surface area contributed by atoms with Crippen molar-refractivity contribution in [3.63, 3.8) is 0 Å². The predicted molar refractivity (Wildman–Crippen MR) is 143 cm³/mol. The van der Waals surface area contributed by atoms with E-state index in [9.17, 15) is 4.79 Å². The summed E-state index contributed by atoms with van der Waals surface area (Å²) in [6.07, 6.45) is 0. The van der Waals surface area contributed by atoms with Gasteiger partial charge in [0.2, 0.25) is 0 Å². The lowest BCUT2D eigenvalue weighted by Crippen LogP contribution is -2.43. The SMILES string of the molecule is CC(C)(C)O[C@@]1(c2ccccc2)C(c2ccccc2)=C(c2ccccc2)C(=O)[C@H]1c1ccccc1. The molecule has 4 aromatic carbocycles. The highest BCUT2D eigenvalue weighted by atomic mass is 16.5. The summed E-state index contributed by atoms with van der Waals surface area (Å²) in [5, 5.41) is 0. The highest BCUT2D eigenvalue weighted by Crippen LogP contribution is 2.60. The number of carbonyl (C=O) groups is 1. The summed E-state index contributed by atoms with van der Waals surface area (Å²) < 4.78 is 7.15. The van der Waals surface area contributed by atoms with E-state index in [4.69, 9.17) is 4.74 Å². The van der Waals surface area contributed by atoms with Gasteiger partial charge in [0.05, 0.1) is 11.5 Å². The van der Waals surface area contributed by atoms with Gasteiger partial charge in [-0.25, -0.2) is 0 Å². The van der Waals surface area contributed by atoms with Crippen LogP contribution in [-0.4, -0.2) is 11.4 Å². The Morgan fingerprint density at radius 3 is 1.60 bits per heavy atom. The van der Waals surface area contributed by atoms with E-state index in [0.29, 0.717) is 0 Å². The van der Waals surface area contributed by atoms with Gasteiger partial charge in [-0.05, 0) is 43.0 Å². The highest BCUT2D eigenvalue weighted by Gasteiger charge is 2.58. The number of allylic oxidation sites excluding steroid dienone is 1. The Balaban J connectivity index is 1.95. The molecule has 2 atom stereocenters. The van der Waals surface area contributed by atoms with Crippen molar-refractivity contribution in [2.24, 2.45) is 0 Å². The molecular weight excluding hydrogens is 428 g/mol. The number of benzene rings is 4. The third-order valence-electron chi connectivity index (χ3n) is 6.46. The van der Waals surface area contributed by atoms with Crippen LogP contribution in [0, 0.1) is 0 Å². The zero-order valence-electron chi connectivity index (χ0n) is 20.4. The molecule has 2 heteroatoms. The van der Waals surface area contributed by atoms with Gasteiger partial charge < -0.3 is 4.74 Å². The first-order valence-corrected chi connectivity index (χ1v) is 12.1. The standard InChI is InChI=1S/C33H30O2/c1-32(2,3)35-33(27-22-14-7-15-23-27)29(25-18-10-5-11-19-25)28(24-16-8-4-9-17-24)31(34)30(33)26-20-12-6-13-21-26/h4-23,30H,1-3H3/t30-,33+/m1/s1. The minimum Gasteiger partial charge on any atom is -0.359 e. The number of ether oxygens (including phenoxy) is 1. The maximum absolute atomic E-state index is 14.6. The van der Waals surface area contributed by atoms with Gasteiger partial charge in [0.15, 0.2) is 5.78 Å². The van der Waals surface area contributed by atoms with Crippen molar-refractivity contribution in [1.82, 2.24) is 0 Å². The van der Waals surface area contributed by atoms with Gasteiger partial charge in [-0.15, -0.1) is 0 Å². The second-order valence-electron chi connectivity index (χ2n) is 10.0. The molecule has 0 aliphatic heterocycles. The Morgan fingerprint density at radius 2 is 1.09 bits per heavy atom. The molecule has 1 aliphatic carbocycles. The van der Waals surface area contributed by atoms with Crippen molar-refractivity contribution in [2.75, 3.05) is 0 Å². The van der Waals surface area contributed by atoms with Gasteiger partial charge in [0.25, 0.3) is 0 Å². The zero-order chi connectivity index (χ0) is 24.5. The molecule has 0 saturated carbocycles. The van der Waals surface area contributed by atoms with E-state index < -0.39 is 17.1 Å². The minimum absolute atomic E-state index is 0.0781. The summed E-state index contributed by atoms with van der Waals surface area (Å²) in [6.45, 7) is 6.19. The molecule has 0 aromatic heterocycles. The molecule has 0 spiro atoms. The molecule has 0 heterocycles. The molecule has 174 valence electrons. The van der Waals surface area contributed by atoms with Crippen LogP contribution in [0.5, 0.6) is 0 Å². The summed E-state index contributed by atoms with van der Waals surface area (Å²) in [5.41, 5.74) is 3.94. The summed E-state index contributed by atoms with van der Waals surface area (Å²) >= 11 is 0. The fourth-order valence-corrected chi connectivity index (χ4v) is 5.32. The first-order chi connectivity index (χ1) is 16.9. The molecule has 4 aromatic rings. The lowest BCUT2D eigenvalue weighted by Gasteiger charge is -2.43. The van der Waals surface area contributed by atoms with Crippen molar-refractivity contribution in [2.45, 2.75) is 37.9 Å². The third kappa shape index (κ3) is 4.15. The average Bonchev–Trinajstić information content (AvgIpc) is 3.13. The van der Waals surface area contributed by atoms with Gasteiger partial charge >= 0.3 is 0 Å². The summed E-state index contributed by atoms with van der Waals surface area (Å²) in [7, 11) is 0. The van der Waals surface area contributed by atoms with Crippen LogP contribution in [0.4, 0.5) is 0 Å². The fraction of sp³-hybridized carbons (Fsp3) is 0.182. The van der Waals surface area contributed by atoms with Gasteiger partial charge in [-0.2, -0.15) is 0 Å². The summed E-state index contributed by atoms with van der Waals surface area (Å²) in [6, 6.07) is 40.5.